The average molecular weight is 424 g/mol. The maximum absolute atomic E-state index is 12.9. The van der Waals surface area contributed by atoms with E-state index in [9.17, 15) is 8.42 Å². The first-order valence-electron chi connectivity index (χ1n) is 10.2. The quantitative estimate of drug-likeness (QED) is 0.373. The summed E-state index contributed by atoms with van der Waals surface area (Å²) in [5, 5.41) is -0.115. The Morgan fingerprint density at radius 3 is 2.73 bits per heavy atom. The van der Waals surface area contributed by atoms with Gasteiger partial charge < -0.3 is 8.92 Å². The Bertz CT molecular complexity index is 1160. The number of benzene rings is 2. The zero-order valence-corrected chi connectivity index (χ0v) is 18.0. The number of nitrogens with zero attached hydrogens (tertiary/aromatic N) is 1. The number of hydrogen-bond donors (Lipinski definition) is 0. The van der Waals surface area contributed by atoms with Gasteiger partial charge in [0.05, 0.1) is 5.56 Å². The predicted octanol–water partition coefficient (Wildman–Crippen LogP) is 5.45. The van der Waals surface area contributed by atoms with Gasteiger partial charge in [-0.25, -0.2) is 4.98 Å². The summed E-state index contributed by atoms with van der Waals surface area (Å²) in [4.78, 5) is 3.96. The van der Waals surface area contributed by atoms with Gasteiger partial charge in [-0.15, -0.1) is 0 Å². The summed E-state index contributed by atoms with van der Waals surface area (Å²) in [6.07, 6.45) is 5.53. The summed E-state index contributed by atoms with van der Waals surface area (Å²) in [6.45, 7) is 4.62. The van der Waals surface area contributed by atoms with Gasteiger partial charge in [-0.2, -0.15) is 8.42 Å². The standard InChI is InChI=1S/C24H25NO4S/c1-3-4-5-8-18-14-21-24(20-13-17(2)10-11-19(20)16-28-21)22(15-18)29-30(26,27)23-9-6-7-12-25-23/h6-7,9-15H,3-5,8,16H2,1-2H3. The highest BCUT2D eigenvalue weighted by Gasteiger charge is 2.27. The number of ether oxygens (including phenoxy) is 1. The average Bonchev–Trinajstić information content (AvgIpc) is 2.74. The van der Waals surface area contributed by atoms with Crippen molar-refractivity contribution in [1.82, 2.24) is 4.98 Å². The van der Waals surface area contributed by atoms with E-state index in [0.29, 0.717) is 17.9 Å². The second kappa shape index (κ2) is 8.48. The summed E-state index contributed by atoms with van der Waals surface area (Å²) in [7, 11) is -4.07. The third-order valence-electron chi connectivity index (χ3n) is 5.21. The zero-order chi connectivity index (χ0) is 21.1. The minimum absolute atomic E-state index is 0.115. The van der Waals surface area contributed by atoms with E-state index in [1.807, 2.05) is 37.3 Å². The van der Waals surface area contributed by atoms with Crippen molar-refractivity contribution < 1.29 is 17.3 Å². The first-order valence-corrected chi connectivity index (χ1v) is 11.6. The molecular weight excluding hydrogens is 398 g/mol. The maximum Gasteiger partial charge on any atom is 0.356 e. The molecule has 30 heavy (non-hydrogen) atoms. The first kappa shape index (κ1) is 20.4. The summed E-state index contributed by atoms with van der Waals surface area (Å²) in [6, 6.07) is 14.7. The van der Waals surface area contributed by atoms with Gasteiger partial charge in [0, 0.05) is 6.20 Å². The molecule has 2 heterocycles. The van der Waals surface area contributed by atoms with Crippen LogP contribution in [0.4, 0.5) is 0 Å². The molecule has 156 valence electrons. The SMILES string of the molecule is CCCCCc1cc2c(c(OS(=O)(=O)c3ccccn3)c1)-c1cc(C)ccc1CO2. The van der Waals surface area contributed by atoms with Gasteiger partial charge in [0.15, 0.2) is 10.8 Å². The Morgan fingerprint density at radius 2 is 1.97 bits per heavy atom. The maximum atomic E-state index is 12.9. The van der Waals surface area contributed by atoms with Crippen LogP contribution in [-0.2, 0) is 23.1 Å². The van der Waals surface area contributed by atoms with Crippen molar-refractivity contribution in [3.63, 3.8) is 0 Å². The molecule has 1 aromatic heterocycles. The monoisotopic (exact) mass is 423 g/mol. The van der Waals surface area contributed by atoms with Gasteiger partial charge in [0.2, 0.25) is 0 Å². The van der Waals surface area contributed by atoms with Crippen LogP contribution in [-0.4, -0.2) is 13.4 Å². The number of aromatic nitrogens is 1. The first-order chi connectivity index (χ1) is 14.5. The summed E-state index contributed by atoms with van der Waals surface area (Å²) in [5.41, 5.74) is 4.73. The fourth-order valence-corrected chi connectivity index (χ4v) is 4.56. The Balaban J connectivity index is 1.82. The van der Waals surface area contributed by atoms with E-state index >= 15 is 0 Å². The zero-order valence-electron chi connectivity index (χ0n) is 17.2. The van der Waals surface area contributed by atoms with Crippen LogP contribution < -0.4 is 8.92 Å². The van der Waals surface area contributed by atoms with Gasteiger partial charge in [-0.1, -0.05) is 49.6 Å². The highest BCUT2D eigenvalue weighted by atomic mass is 32.2. The molecule has 0 bridgehead atoms. The van der Waals surface area contributed by atoms with Crippen LogP contribution >= 0.6 is 0 Å². The fraction of sp³-hybridized carbons (Fsp3) is 0.292. The molecule has 6 heteroatoms. The van der Waals surface area contributed by atoms with E-state index in [4.69, 9.17) is 8.92 Å². The second-order valence-corrected chi connectivity index (χ2v) is 9.07. The molecule has 4 rings (SSSR count). The van der Waals surface area contributed by atoms with Crippen molar-refractivity contribution in [2.45, 2.75) is 51.2 Å². The van der Waals surface area contributed by atoms with Crippen LogP contribution in [0.2, 0.25) is 0 Å². The molecule has 3 aromatic rings. The number of fused-ring (bicyclic) bond motifs is 3. The van der Waals surface area contributed by atoms with Crippen LogP contribution in [0, 0.1) is 6.92 Å². The molecule has 0 aliphatic carbocycles. The van der Waals surface area contributed by atoms with Crippen molar-refractivity contribution >= 4 is 10.1 Å². The second-order valence-electron chi connectivity index (χ2n) is 7.58. The van der Waals surface area contributed by atoms with Crippen LogP contribution in [0.15, 0.2) is 59.8 Å². The molecule has 1 aliphatic rings. The lowest BCUT2D eigenvalue weighted by Gasteiger charge is -2.24. The minimum Gasteiger partial charge on any atom is -0.488 e. The van der Waals surface area contributed by atoms with E-state index < -0.39 is 10.1 Å². The molecule has 0 fully saturated rings. The number of rotatable bonds is 7. The molecule has 2 aromatic carbocycles. The lowest BCUT2D eigenvalue weighted by Crippen LogP contribution is -2.14. The number of pyridine rings is 1. The highest BCUT2D eigenvalue weighted by Crippen LogP contribution is 2.46. The highest BCUT2D eigenvalue weighted by molar-refractivity contribution is 7.87. The van der Waals surface area contributed by atoms with Gasteiger partial charge >= 0.3 is 10.1 Å². The van der Waals surface area contributed by atoms with Crippen LogP contribution in [0.1, 0.15) is 42.9 Å². The smallest absolute Gasteiger partial charge is 0.356 e. The molecule has 0 atom stereocenters. The van der Waals surface area contributed by atoms with Crippen molar-refractivity contribution in [2.75, 3.05) is 0 Å². The van der Waals surface area contributed by atoms with E-state index in [0.717, 1.165) is 47.9 Å². The fourth-order valence-electron chi connectivity index (χ4n) is 3.67. The number of hydrogen-bond acceptors (Lipinski definition) is 5. The van der Waals surface area contributed by atoms with Gasteiger partial charge in [0.25, 0.3) is 0 Å². The largest absolute Gasteiger partial charge is 0.488 e. The van der Waals surface area contributed by atoms with E-state index in [2.05, 4.69) is 11.9 Å². The number of unbranched alkanes of at least 4 members (excludes halogenated alkanes) is 2. The molecule has 0 saturated heterocycles. The molecule has 5 nitrogen and oxygen atoms in total. The third-order valence-corrected chi connectivity index (χ3v) is 6.36. The van der Waals surface area contributed by atoms with E-state index in [1.54, 1.807) is 12.1 Å². The molecule has 0 amide bonds. The van der Waals surface area contributed by atoms with Crippen molar-refractivity contribution in [3.05, 3.63) is 71.4 Å². The molecular formula is C24H25NO4S. The molecule has 0 N–H and O–H groups in total. The van der Waals surface area contributed by atoms with Gasteiger partial charge in [-0.05, 0) is 60.7 Å². The van der Waals surface area contributed by atoms with E-state index in [1.165, 1.54) is 12.3 Å². The normalized spacial score (nSPS) is 12.6. The van der Waals surface area contributed by atoms with Gasteiger partial charge in [0.1, 0.15) is 12.4 Å². The summed E-state index contributed by atoms with van der Waals surface area (Å²) in [5.74, 6) is 0.949. The van der Waals surface area contributed by atoms with Crippen LogP contribution in [0.3, 0.4) is 0 Å². The van der Waals surface area contributed by atoms with Crippen molar-refractivity contribution in [1.29, 1.82) is 0 Å². The van der Waals surface area contributed by atoms with Crippen LogP contribution in [0.25, 0.3) is 11.1 Å². The Morgan fingerprint density at radius 1 is 1.10 bits per heavy atom. The molecule has 1 aliphatic heterocycles. The van der Waals surface area contributed by atoms with Crippen molar-refractivity contribution in [3.8, 4) is 22.6 Å². The predicted molar refractivity (Wildman–Crippen MR) is 116 cm³/mol. The van der Waals surface area contributed by atoms with E-state index in [-0.39, 0.29) is 10.8 Å². The van der Waals surface area contributed by atoms with Gasteiger partial charge in [-0.3, -0.25) is 0 Å². The van der Waals surface area contributed by atoms with Crippen molar-refractivity contribution in [2.24, 2.45) is 0 Å². The number of aryl methyl sites for hydroxylation is 2. The van der Waals surface area contributed by atoms with Crippen LogP contribution in [0.5, 0.6) is 11.5 Å². The Kier molecular flexibility index (Phi) is 5.77. The summed E-state index contributed by atoms with van der Waals surface area (Å²) >= 11 is 0. The minimum atomic E-state index is -4.07. The Hall–Kier alpha value is -2.86. The molecule has 0 saturated carbocycles. The molecule has 0 spiro atoms. The lowest BCUT2D eigenvalue weighted by molar-refractivity contribution is 0.301. The summed E-state index contributed by atoms with van der Waals surface area (Å²) < 4.78 is 37.5. The lowest BCUT2D eigenvalue weighted by atomic mass is 9.92. The Labute approximate surface area is 177 Å². The third kappa shape index (κ3) is 4.19. The topological polar surface area (TPSA) is 65.5 Å². The molecule has 0 unspecified atom stereocenters. The molecule has 0 radical (unpaired) electrons.